The number of imidazole rings is 1. The second-order valence-corrected chi connectivity index (χ2v) is 6.09. The molecule has 0 radical (unpaired) electrons. The monoisotopic (exact) mass is 342 g/mol. The first-order valence-corrected chi connectivity index (χ1v) is 7.44. The Hall–Kier alpha value is -1.29. The molecule has 6 heteroatoms. The van der Waals surface area contributed by atoms with E-state index >= 15 is 0 Å². The number of fused-ring (bicyclic) bond motifs is 1. The third-order valence-corrected chi connectivity index (χ3v) is 3.98. The Morgan fingerprint density at radius 2 is 1.90 bits per heavy atom. The van der Waals surface area contributed by atoms with Crippen LogP contribution in [0.3, 0.4) is 0 Å². The van der Waals surface area contributed by atoms with Crippen LogP contribution in [0.2, 0.25) is 10.0 Å². The molecule has 3 aromatic rings. The van der Waals surface area contributed by atoms with Gasteiger partial charge in [-0.3, -0.25) is 4.57 Å². The first-order chi connectivity index (χ1) is 9.99. The van der Waals surface area contributed by atoms with Gasteiger partial charge in [-0.25, -0.2) is 9.37 Å². The Labute approximate surface area is 136 Å². The lowest BCUT2D eigenvalue weighted by molar-refractivity contribution is 0.626. The molecule has 0 saturated carbocycles. The van der Waals surface area contributed by atoms with E-state index in [0.717, 1.165) is 0 Å². The minimum atomic E-state index is -0.392. The molecule has 0 aliphatic heterocycles. The smallest absolute Gasteiger partial charge is 0.132 e. The summed E-state index contributed by atoms with van der Waals surface area (Å²) in [7, 11) is 0. The number of benzene rings is 2. The number of para-hydroxylation sites is 1. The molecule has 1 aromatic heterocycles. The van der Waals surface area contributed by atoms with Crippen LogP contribution < -0.4 is 0 Å². The maximum atomic E-state index is 13.6. The highest BCUT2D eigenvalue weighted by Crippen LogP contribution is 2.34. The SMILES string of the molecule is CC(Cl)c1nc2cccc(Cl)c2n1-c1cc(F)ccc1Cl. The van der Waals surface area contributed by atoms with Gasteiger partial charge in [0.15, 0.2) is 0 Å². The molecule has 0 spiro atoms. The van der Waals surface area contributed by atoms with Crippen molar-refractivity contribution in [2.75, 3.05) is 0 Å². The Bertz CT molecular complexity index is 827. The molecule has 0 aliphatic rings. The minimum Gasteiger partial charge on any atom is -0.292 e. The van der Waals surface area contributed by atoms with Gasteiger partial charge in [0, 0.05) is 0 Å². The van der Waals surface area contributed by atoms with E-state index in [-0.39, 0.29) is 5.38 Å². The molecule has 0 saturated heterocycles. The van der Waals surface area contributed by atoms with Crippen LogP contribution in [-0.2, 0) is 0 Å². The van der Waals surface area contributed by atoms with Crippen molar-refractivity contribution < 1.29 is 4.39 Å². The summed E-state index contributed by atoms with van der Waals surface area (Å²) in [6, 6.07) is 9.52. The molecule has 3 rings (SSSR count). The fraction of sp³-hybridized carbons (Fsp3) is 0.133. The lowest BCUT2D eigenvalue weighted by Crippen LogP contribution is -2.03. The van der Waals surface area contributed by atoms with Crippen LogP contribution in [0.25, 0.3) is 16.7 Å². The van der Waals surface area contributed by atoms with Crippen molar-refractivity contribution >= 4 is 45.8 Å². The van der Waals surface area contributed by atoms with Crippen molar-refractivity contribution in [1.82, 2.24) is 9.55 Å². The van der Waals surface area contributed by atoms with E-state index in [1.54, 1.807) is 23.6 Å². The van der Waals surface area contributed by atoms with E-state index < -0.39 is 5.82 Å². The van der Waals surface area contributed by atoms with E-state index in [4.69, 9.17) is 34.8 Å². The van der Waals surface area contributed by atoms with Crippen molar-refractivity contribution in [3.63, 3.8) is 0 Å². The van der Waals surface area contributed by atoms with E-state index in [1.165, 1.54) is 18.2 Å². The Morgan fingerprint density at radius 1 is 1.14 bits per heavy atom. The number of nitrogens with zero attached hydrogens (tertiary/aromatic N) is 2. The maximum absolute atomic E-state index is 13.6. The van der Waals surface area contributed by atoms with Gasteiger partial charge in [0.25, 0.3) is 0 Å². The molecule has 2 aromatic carbocycles. The highest BCUT2D eigenvalue weighted by molar-refractivity contribution is 6.35. The molecule has 1 heterocycles. The van der Waals surface area contributed by atoms with Crippen molar-refractivity contribution in [2.24, 2.45) is 0 Å². The summed E-state index contributed by atoms with van der Waals surface area (Å²) in [6.45, 7) is 1.79. The second kappa shape index (κ2) is 5.48. The van der Waals surface area contributed by atoms with Crippen molar-refractivity contribution in [1.29, 1.82) is 0 Å². The van der Waals surface area contributed by atoms with Gasteiger partial charge in [-0.1, -0.05) is 29.3 Å². The van der Waals surface area contributed by atoms with Gasteiger partial charge < -0.3 is 0 Å². The Morgan fingerprint density at radius 3 is 2.62 bits per heavy atom. The summed E-state index contributed by atoms with van der Waals surface area (Å²) >= 11 is 18.7. The average molecular weight is 344 g/mol. The van der Waals surface area contributed by atoms with Crippen LogP contribution in [0.5, 0.6) is 0 Å². The van der Waals surface area contributed by atoms with Gasteiger partial charge >= 0.3 is 0 Å². The second-order valence-electron chi connectivity index (χ2n) is 4.62. The van der Waals surface area contributed by atoms with Crippen LogP contribution >= 0.6 is 34.8 Å². The summed E-state index contributed by atoms with van der Waals surface area (Å²) in [4.78, 5) is 4.49. The minimum absolute atomic E-state index is 0.382. The van der Waals surface area contributed by atoms with E-state index in [9.17, 15) is 4.39 Å². The van der Waals surface area contributed by atoms with Gasteiger partial charge in [-0.15, -0.1) is 11.6 Å². The predicted molar refractivity (Wildman–Crippen MR) is 85.3 cm³/mol. The van der Waals surface area contributed by atoms with Gasteiger partial charge in [0.05, 0.1) is 32.1 Å². The number of rotatable bonds is 2. The van der Waals surface area contributed by atoms with Gasteiger partial charge in [0.2, 0.25) is 0 Å². The summed E-state index contributed by atoms with van der Waals surface area (Å²) in [5, 5.41) is 0.519. The molecule has 21 heavy (non-hydrogen) atoms. The molecular formula is C15H10Cl3FN2. The Kier molecular flexibility index (Phi) is 3.82. The first kappa shape index (κ1) is 14.6. The normalized spacial score (nSPS) is 12.8. The summed E-state index contributed by atoms with van der Waals surface area (Å²) in [6.07, 6.45) is 0. The zero-order chi connectivity index (χ0) is 15.1. The summed E-state index contributed by atoms with van der Waals surface area (Å²) in [5.74, 6) is 0.170. The largest absolute Gasteiger partial charge is 0.292 e. The maximum Gasteiger partial charge on any atom is 0.132 e. The number of alkyl halides is 1. The van der Waals surface area contributed by atoms with E-state index in [1.807, 2.05) is 6.07 Å². The number of hydrogen-bond donors (Lipinski definition) is 0. The summed E-state index contributed by atoms with van der Waals surface area (Å²) < 4.78 is 15.3. The van der Waals surface area contributed by atoms with Crippen LogP contribution in [0.15, 0.2) is 36.4 Å². The molecule has 0 amide bonds. The predicted octanol–water partition coefficient (Wildman–Crippen LogP) is 5.77. The van der Waals surface area contributed by atoms with Crippen molar-refractivity contribution in [3.05, 3.63) is 58.1 Å². The molecule has 108 valence electrons. The third-order valence-electron chi connectivity index (χ3n) is 3.16. The molecule has 0 N–H and O–H groups in total. The van der Waals surface area contributed by atoms with E-state index in [0.29, 0.717) is 32.6 Å². The molecule has 0 bridgehead atoms. The number of aromatic nitrogens is 2. The zero-order valence-corrected chi connectivity index (χ0v) is 13.2. The van der Waals surface area contributed by atoms with Gasteiger partial charge in [-0.05, 0) is 37.3 Å². The highest BCUT2D eigenvalue weighted by Gasteiger charge is 2.20. The molecular weight excluding hydrogens is 334 g/mol. The van der Waals surface area contributed by atoms with Crippen molar-refractivity contribution in [3.8, 4) is 5.69 Å². The van der Waals surface area contributed by atoms with Gasteiger partial charge in [0.1, 0.15) is 11.6 Å². The number of halogens is 4. The fourth-order valence-electron chi connectivity index (χ4n) is 2.27. The quantitative estimate of drug-likeness (QED) is 0.540. The number of hydrogen-bond acceptors (Lipinski definition) is 1. The van der Waals surface area contributed by atoms with Crippen LogP contribution in [0.1, 0.15) is 18.1 Å². The lowest BCUT2D eigenvalue weighted by atomic mass is 10.2. The standard InChI is InChI=1S/C15H10Cl3FN2/c1-8(16)15-20-12-4-2-3-11(18)14(12)21(15)13-7-9(19)5-6-10(13)17/h2-8H,1H3. The summed E-state index contributed by atoms with van der Waals surface area (Å²) in [5.41, 5.74) is 1.81. The first-order valence-electron chi connectivity index (χ1n) is 6.25. The molecule has 2 nitrogen and oxygen atoms in total. The molecule has 0 aliphatic carbocycles. The van der Waals surface area contributed by atoms with Crippen LogP contribution in [0, 0.1) is 5.82 Å². The molecule has 1 unspecified atom stereocenters. The highest BCUT2D eigenvalue weighted by atomic mass is 35.5. The fourth-order valence-corrected chi connectivity index (χ4v) is 2.87. The van der Waals surface area contributed by atoms with Gasteiger partial charge in [-0.2, -0.15) is 0 Å². The Balaban J connectivity index is 2.44. The average Bonchev–Trinajstić information content (AvgIpc) is 2.82. The zero-order valence-electron chi connectivity index (χ0n) is 10.9. The molecule has 0 fully saturated rings. The lowest BCUT2D eigenvalue weighted by Gasteiger charge is -2.13. The van der Waals surface area contributed by atoms with E-state index in [2.05, 4.69) is 4.98 Å². The van der Waals surface area contributed by atoms with Crippen molar-refractivity contribution in [2.45, 2.75) is 12.3 Å². The topological polar surface area (TPSA) is 17.8 Å². The third kappa shape index (κ3) is 2.50. The van der Waals surface area contributed by atoms with Crippen LogP contribution in [-0.4, -0.2) is 9.55 Å². The molecule has 1 atom stereocenters. The van der Waals surface area contributed by atoms with Crippen LogP contribution in [0.4, 0.5) is 4.39 Å².